The highest BCUT2D eigenvalue weighted by atomic mass is 16.3. The molecule has 0 saturated carbocycles. The second-order valence-electron chi connectivity index (χ2n) is 7.53. The van der Waals surface area contributed by atoms with Crippen molar-refractivity contribution in [2.24, 2.45) is 0 Å². The summed E-state index contributed by atoms with van der Waals surface area (Å²) in [6.45, 7) is 1.60. The lowest BCUT2D eigenvalue weighted by Gasteiger charge is -2.34. The van der Waals surface area contributed by atoms with Crippen LogP contribution in [-0.4, -0.2) is 30.6 Å². The molecule has 1 fully saturated rings. The summed E-state index contributed by atoms with van der Waals surface area (Å²) in [7, 11) is 1.81. The molecule has 0 radical (unpaired) electrons. The molecule has 2 aromatic carbocycles. The maximum Gasteiger partial charge on any atom is 0.227 e. The summed E-state index contributed by atoms with van der Waals surface area (Å²) in [5, 5.41) is 17.7. The number of amides is 1. The van der Waals surface area contributed by atoms with Gasteiger partial charge in [-0.25, -0.2) is 0 Å². The molecule has 0 aromatic heterocycles. The molecular formula is C22H27N3O2. The fourth-order valence-corrected chi connectivity index (χ4v) is 4.22. The highest BCUT2D eigenvalue weighted by Gasteiger charge is 2.27. The number of hydrogen-bond acceptors (Lipinski definition) is 4. The third kappa shape index (κ3) is 3.70. The van der Waals surface area contributed by atoms with Crippen molar-refractivity contribution in [3.05, 3.63) is 59.2 Å². The predicted molar refractivity (Wildman–Crippen MR) is 107 cm³/mol. The molecule has 1 saturated heterocycles. The highest BCUT2D eigenvalue weighted by molar-refractivity contribution is 5.96. The number of aromatic hydroxyl groups is 1. The Morgan fingerprint density at radius 3 is 2.85 bits per heavy atom. The van der Waals surface area contributed by atoms with Crippen LogP contribution in [0.15, 0.2) is 42.5 Å². The highest BCUT2D eigenvalue weighted by Crippen LogP contribution is 2.33. The minimum Gasteiger partial charge on any atom is -0.508 e. The molecule has 5 heteroatoms. The second-order valence-corrected chi connectivity index (χ2v) is 7.53. The largest absolute Gasteiger partial charge is 0.508 e. The number of hydrogen-bond donors (Lipinski definition) is 3. The first-order valence-corrected chi connectivity index (χ1v) is 9.76. The molecule has 2 atom stereocenters. The Labute approximate surface area is 160 Å². The molecule has 2 aliphatic heterocycles. The zero-order chi connectivity index (χ0) is 18.8. The van der Waals surface area contributed by atoms with E-state index >= 15 is 0 Å². The van der Waals surface area contributed by atoms with Crippen molar-refractivity contribution in [1.82, 2.24) is 10.6 Å². The van der Waals surface area contributed by atoms with Crippen molar-refractivity contribution in [2.45, 2.75) is 44.3 Å². The van der Waals surface area contributed by atoms with Crippen LogP contribution < -0.4 is 15.5 Å². The van der Waals surface area contributed by atoms with Gasteiger partial charge in [0.25, 0.3) is 0 Å². The lowest BCUT2D eigenvalue weighted by Crippen LogP contribution is -2.45. The van der Waals surface area contributed by atoms with E-state index in [2.05, 4.69) is 34.9 Å². The summed E-state index contributed by atoms with van der Waals surface area (Å²) >= 11 is 0. The van der Waals surface area contributed by atoms with Gasteiger partial charge in [-0.05, 0) is 49.1 Å². The number of nitrogens with zero attached hydrogens (tertiary/aromatic N) is 1. The normalized spacial score (nSPS) is 22.6. The fraction of sp³-hybridized carbons (Fsp3) is 0.409. The molecule has 5 nitrogen and oxygen atoms in total. The lowest BCUT2D eigenvalue weighted by atomic mass is 9.92. The van der Waals surface area contributed by atoms with Crippen LogP contribution in [0.4, 0.5) is 5.69 Å². The summed E-state index contributed by atoms with van der Waals surface area (Å²) in [5.74, 6) is 0.441. The van der Waals surface area contributed by atoms with Crippen molar-refractivity contribution in [3.63, 3.8) is 0 Å². The van der Waals surface area contributed by atoms with Crippen molar-refractivity contribution < 1.29 is 9.90 Å². The number of phenolic OH excluding ortho intramolecular Hbond substituents is 1. The Hall–Kier alpha value is -2.37. The quantitative estimate of drug-likeness (QED) is 0.780. The van der Waals surface area contributed by atoms with Crippen molar-refractivity contribution in [1.29, 1.82) is 0 Å². The number of nitrogens with one attached hydrogen (secondary N) is 2. The number of anilines is 1. The van der Waals surface area contributed by atoms with Gasteiger partial charge in [0.2, 0.25) is 5.91 Å². The van der Waals surface area contributed by atoms with E-state index in [4.69, 9.17) is 0 Å². The SMILES string of the molecule is CN1C(=O)CCc2cc(O)c(CNC3CCCNC3c3ccccc3)cc21. The maximum atomic E-state index is 12.0. The van der Waals surface area contributed by atoms with Gasteiger partial charge in [0.15, 0.2) is 0 Å². The summed E-state index contributed by atoms with van der Waals surface area (Å²) in [4.78, 5) is 13.7. The van der Waals surface area contributed by atoms with Crippen LogP contribution >= 0.6 is 0 Å². The number of phenols is 1. The molecule has 0 spiro atoms. The first kappa shape index (κ1) is 18.0. The molecule has 142 valence electrons. The van der Waals surface area contributed by atoms with E-state index in [1.165, 1.54) is 5.56 Å². The Balaban J connectivity index is 1.51. The van der Waals surface area contributed by atoms with E-state index in [1.807, 2.05) is 25.2 Å². The Bertz CT molecular complexity index is 822. The van der Waals surface area contributed by atoms with Gasteiger partial charge in [-0.3, -0.25) is 4.79 Å². The van der Waals surface area contributed by atoms with E-state index in [-0.39, 0.29) is 11.9 Å². The van der Waals surface area contributed by atoms with Gasteiger partial charge in [-0.2, -0.15) is 0 Å². The van der Waals surface area contributed by atoms with Crippen LogP contribution in [0, 0.1) is 0 Å². The van der Waals surface area contributed by atoms with Gasteiger partial charge >= 0.3 is 0 Å². The van der Waals surface area contributed by atoms with Crippen molar-refractivity contribution in [3.8, 4) is 5.75 Å². The first-order valence-electron chi connectivity index (χ1n) is 9.76. The van der Waals surface area contributed by atoms with Gasteiger partial charge in [0.05, 0.1) is 0 Å². The minimum absolute atomic E-state index is 0.132. The van der Waals surface area contributed by atoms with Crippen LogP contribution in [0.3, 0.4) is 0 Å². The summed E-state index contributed by atoms with van der Waals surface area (Å²) in [6, 6.07) is 14.9. The minimum atomic E-state index is 0.132. The molecule has 4 rings (SSSR count). The predicted octanol–water partition coefficient (Wildman–Crippen LogP) is 2.88. The zero-order valence-electron chi connectivity index (χ0n) is 15.7. The topological polar surface area (TPSA) is 64.6 Å². The molecule has 2 unspecified atom stereocenters. The molecule has 0 bridgehead atoms. The monoisotopic (exact) mass is 365 g/mol. The van der Waals surface area contributed by atoms with Gasteiger partial charge in [0, 0.05) is 43.3 Å². The number of aryl methyl sites for hydroxylation is 1. The van der Waals surface area contributed by atoms with Crippen LogP contribution in [-0.2, 0) is 17.8 Å². The number of fused-ring (bicyclic) bond motifs is 1. The summed E-state index contributed by atoms with van der Waals surface area (Å²) < 4.78 is 0. The number of carbonyl (C=O) groups is 1. The van der Waals surface area contributed by atoms with Gasteiger partial charge in [-0.1, -0.05) is 30.3 Å². The number of benzene rings is 2. The standard InChI is InChI=1S/C22H27N3O2/c1-25-19-12-17(20(26)13-16(19)9-10-21(25)27)14-24-18-8-5-11-23-22(18)15-6-3-2-4-7-15/h2-4,6-7,12-13,18,22-24,26H,5,8-11,14H2,1H3. The molecular weight excluding hydrogens is 338 g/mol. The third-order valence-corrected chi connectivity index (χ3v) is 5.80. The van der Waals surface area contributed by atoms with E-state index in [9.17, 15) is 9.90 Å². The molecule has 1 amide bonds. The molecule has 2 aliphatic rings. The fourth-order valence-electron chi connectivity index (χ4n) is 4.22. The van der Waals surface area contributed by atoms with Crippen molar-refractivity contribution >= 4 is 11.6 Å². The summed E-state index contributed by atoms with van der Waals surface area (Å²) in [5.41, 5.74) is 4.09. The van der Waals surface area contributed by atoms with Gasteiger partial charge in [0.1, 0.15) is 5.75 Å². The van der Waals surface area contributed by atoms with Crippen molar-refractivity contribution in [2.75, 3.05) is 18.5 Å². The lowest BCUT2D eigenvalue weighted by molar-refractivity contribution is -0.118. The van der Waals surface area contributed by atoms with E-state index in [0.717, 1.165) is 36.2 Å². The Kier molecular flexibility index (Phi) is 5.14. The van der Waals surface area contributed by atoms with Gasteiger partial charge in [-0.15, -0.1) is 0 Å². The van der Waals surface area contributed by atoms with E-state index in [1.54, 1.807) is 4.90 Å². The second kappa shape index (κ2) is 7.71. The number of piperidine rings is 1. The third-order valence-electron chi connectivity index (χ3n) is 5.80. The molecule has 3 N–H and O–H groups in total. The first-order chi connectivity index (χ1) is 13.1. The smallest absolute Gasteiger partial charge is 0.227 e. The molecule has 2 aromatic rings. The van der Waals surface area contributed by atoms with Gasteiger partial charge < -0.3 is 20.6 Å². The molecule has 0 aliphatic carbocycles. The average Bonchev–Trinajstić information content (AvgIpc) is 2.70. The Morgan fingerprint density at radius 2 is 2.04 bits per heavy atom. The Morgan fingerprint density at radius 1 is 1.22 bits per heavy atom. The number of carbonyl (C=O) groups excluding carboxylic acids is 1. The number of rotatable bonds is 4. The van der Waals surface area contributed by atoms with E-state index in [0.29, 0.717) is 31.2 Å². The van der Waals surface area contributed by atoms with Crippen LogP contribution in [0.5, 0.6) is 5.75 Å². The van der Waals surface area contributed by atoms with Crippen LogP contribution in [0.2, 0.25) is 0 Å². The van der Waals surface area contributed by atoms with Crippen LogP contribution in [0.25, 0.3) is 0 Å². The summed E-state index contributed by atoms with van der Waals surface area (Å²) in [6.07, 6.45) is 3.43. The molecule has 2 heterocycles. The average molecular weight is 365 g/mol. The van der Waals surface area contributed by atoms with Crippen LogP contribution in [0.1, 0.15) is 42.0 Å². The maximum absolute atomic E-state index is 12.0. The molecule has 27 heavy (non-hydrogen) atoms. The van der Waals surface area contributed by atoms with E-state index < -0.39 is 0 Å². The zero-order valence-corrected chi connectivity index (χ0v) is 15.7.